The number of nitrogens with one attached hydrogen (secondary N) is 2. The van der Waals surface area contributed by atoms with E-state index in [9.17, 15) is 0 Å². The van der Waals surface area contributed by atoms with Crippen LogP contribution < -0.4 is 10.6 Å². The van der Waals surface area contributed by atoms with E-state index in [-0.39, 0.29) is 0 Å². The third-order valence-corrected chi connectivity index (χ3v) is 2.54. The molecule has 6 nitrogen and oxygen atoms in total. The molecular formula is C12H16N6. The van der Waals surface area contributed by atoms with Crippen molar-refractivity contribution >= 4 is 5.96 Å². The fourth-order valence-corrected chi connectivity index (χ4v) is 1.57. The van der Waals surface area contributed by atoms with Crippen LogP contribution in [-0.4, -0.2) is 34.8 Å². The smallest absolute Gasteiger partial charge is 0.190 e. The number of rotatable bonds is 3. The number of guanidine groups is 1. The zero-order valence-electron chi connectivity index (χ0n) is 10.5. The Labute approximate surface area is 106 Å². The molecule has 0 spiro atoms. The molecule has 94 valence electrons. The maximum Gasteiger partial charge on any atom is 0.190 e. The van der Waals surface area contributed by atoms with Crippen LogP contribution in [0.1, 0.15) is 5.56 Å². The molecule has 1 aromatic carbocycles. The normalized spacial score (nSPS) is 11.3. The minimum Gasteiger partial charge on any atom is -0.359 e. The first-order chi connectivity index (χ1) is 8.83. The highest BCUT2D eigenvalue weighted by Gasteiger charge is 1.98. The second-order valence-corrected chi connectivity index (χ2v) is 3.68. The second kappa shape index (κ2) is 5.81. The van der Waals surface area contributed by atoms with E-state index in [0.29, 0.717) is 0 Å². The highest BCUT2D eigenvalue weighted by atomic mass is 15.3. The first-order valence-electron chi connectivity index (χ1n) is 5.66. The van der Waals surface area contributed by atoms with Crippen molar-refractivity contribution in [1.29, 1.82) is 0 Å². The van der Waals surface area contributed by atoms with Gasteiger partial charge in [0.25, 0.3) is 0 Å². The fourth-order valence-electron chi connectivity index (χ4n) is 1.57. The van der Waals surface area contributed by atoms with Crippen LogP contribution in [0.4, 0.5) is 0 Å². The van der Waals surface area contributed by atoms with E-state index in [1.165, 1.54) is 11.9 Å². The van der Waals surface area contributed by atoms with E-state index in [4.69, 9.17) is 0 Å². The Kier molecular flexibility index (Phi) is 3.90. The maximum absolute atomic E-state index is 4.08. The Bertz CT molecular complexity index is 500. The van der Waals surface area contributed by atoms with Gasteiger partial charge in [-0.05, 0) is 17.7 Å². The summed E-state index contributed by atoms with van der Waals surface area (Å²) in [6.07, 6.45) is 3.20. The van der Waals surface area contributed by atoms with Crippen molar-refractivity contribution in [3.8, 4) is 5.69 Å². The Balaban J connectivity index is 2.00. The zero-order chi connectivity index (χ0) is 12.8. The molecule has 0 aliphatic rings. The number of aliphatic imine (C=N–C) groups is 1. The minimum absolute atomic E-state index is 0.727. The van der Waals surface area contributed by atoms with Gasteiger partial charge >= 0.3 is 0 Å². The Hall–Kier alpha value is -2.37. The fraction of sp³-hybridized carbons (Fsp3) is 0.250. The van der Waals surface area contributed by atoms with Crippen LogP contribution in [0, 0.1) is 0 Å². The van der Waals surface area contributed by atoms with Crippen molar-refractivity contribution in [3.63, 3.8) is 0 Å². The van der Waals surface area contributed by atoms with E-state index in [1.54, 1.807) is 18.1 Å². The maximum atomic E-state index is 4.08. The number of benzene rings is 1. The van der Waals surface area contributed by atoms with Gasteiger partial charge in [-0.1, -0.05) is 12.1 Å². The molecule has 0 atom stereocenters. The highest BCUT2D eigenvalue weighted by Crippen LogP contribution is 2.07. The van der Waals surface area contributed by atoms with E-state index >= 15 is 0 Å². The zero-order valence-corrected chi connectivity index (χ0v) is 10.5. The molecule has 0 saturated heterocycles. The molecule has 6 heteroatoms. The van der Waals surface area contributed by atoms with E-state index in [2.05, 4.69) is 25.7 Å². The summed E-state index contributed by atoms with van der Waals surface area (Å²) >= 11 is 0. The molecule has 0 unspecified atom stereocenters. The van der Waals surface area contributed by atoms with Gasteiger partial charge in [0, 0.05) is 20.6 Å². The first-order valence-corrected chi connectivity index (χ1v) is 5.66. The molecule has 0 saturated carbocycles. The van der Waals surface area contributed by atoms with E-state index in [1.807, 2.05) is 31.3 Å². The van der Waals surface area contributed by atoms with Crippen LogP contribution in [0.15, 0.2) is 41.9 Å². The van der Waals surface area contributed by atoms with Crippen molar-refractivity contribution in [1.82, 2.24) is 25.4 Å². The van der Waals surface area contributed by atoms with E-state index in [0.717, 1.165) is 18.2 Å². The molecular weight excluding hydrogens is 228 g/mol. The number of hydrogen-bond donors (Lipinski definition) is 2. The van der Waals surface area contributed by atoms with Gasteiger partial charge in [0.1, 0.15) is 12.7 Å². The Morgan fingerprint density at radius 1 is 1.33 bits per heavy atom. The van der Waals surface area contributed by atoms with Crippen molar-refractivity contribution in [3.05, 3.63) is 42.5 Å². The van der Waals surface area contributed by atoms with Crippen LogP contribution in [0.3, 0.4) is 0 Å². The molecule has 0 aliphatic carbocycles. The predicted octanol–water partition coefficient (Wildman–Crippen LogP) is 0.562. The van der Waals surface area contributed by atoms with Gasteiger partial charge < -0.3 is 10.6 Å². The summed E-state index contributed by atoms with van der Waals surface area (Å²) in [4.78, 5) is 7.97. The Morgan fingerprint density at radius 2 is 2.11 bits per heavy atom. The third-order valence-electron chi connectivity index (χ3n) is 2.54. The number of hydrogen-bond acceptors (Lipinski definition) is 3. The molecule has 0 bridgehead atoms. The van der Waals surface area contributed by atoms with Crippen molar-refractivity contribution in [2.45, 2.75) is 6.54 Å². The van der Waals surface area contributed by atoms with Crippen molar-refractivity contribution in [2.75, 3.05) is 14.1 Å². The second-order valence-electron chi connectivity index (χ2n) is 3.68. The molecule has 2 rings (SSSR count). The van der Waals surface area contributed by atoms with E-state index < -0.39 is 0 Å². The molecule has 0 amide bonds. The molecule has 2 aromatic rings. The van der Waals surface area contributed by atoms with Crippen molar-refractivity contribution < 1.29 is 0 Å². The molecule has 1 aromatic heterocycles. The molecule has 0 aliphatic heterocycles. The van der Waals surface area contributed by atoms with Gasteiger partial charge in [0.05, 0.1) is 5.69 Å². The van der Waals surface area contributed by atoms with Gasteiger partial charge in [-0.25, -0.2) is 9.67 Å². The van der Waals surface area contributed by atoms with Gasteiger partial charge in [-0.2, -0.15) is 5.10 Å². The van der Waals surface area contributed by atoms with Crippen LogP contribution in [0.5, 0.6) is 0 Å². The molecule has 0 fully saturated rings. The van der Waals surface area contributed by atoms with Gasteiger partial charge in [-0.15, -0.1) is 0 Å². The number of aromatic nitrogens is 3. The summed E-state index contributed by atoms with van der Waals surface area (Å²) in [5.41, 5.74) is 2.17. The molecule has 1 heterocycles. The average molecular weight is 244 g/mol. The lowest BCUT2D eigenvalue weighted by molar-refractivity contribution is 0.856. The lowest BCUT2D eigenvalue weighted by atomic mass is 10.2. The first kappa shape index (κ1) is 12.1. The van der Waals surface area contributed by atoms with Crippen LogP contribution in [-0.2, 0) is 6.54 Å². The SMILES string of the molecule is CN=C(NC)NCc1ccc(-n2cncn2)cc1. The molecule has 2 N–H and O–H groups in total. The summed E-state index contributed by atoms with van der Waals surface area (Å²) in [6, 6.07) is 8.11. The third kappa shape index (κ3) is 2.85. The summed E-state index contributed by atoms with van der Waals surface area (Å²) in [5.74, 6) is 0.773. The average Bonchev–Trinajstić information content (AvgIpc) is 2.94. The summed E-state index contributed by atoms with van der Waals surface area (Å²) in [7, 11) is 3.58. The lowest BCUT2D eigenvalue weighted by Crippen LogP contribution is -2.34. The predicted molar refractivity (Wildman–Crippen MR) is 70.6 cm³/mol. The highest BCUT2D eigenvalue weighted by molar-refractivity contribution is 5.79. The van der Waals surface area contributed by atoms with Gasteiger partial charge in [-0.3, -0.25) is 4.99 Å². The topological polar surface area (TPSA) is 67.1 Å². The van der Waals surface area contributed by atoms with Crippen LogP contribution >= 0.6 is 0 Å². The minimum atomic E-state index is 0.727. The summed E-state index contributed by atoms with van der Waals surface area (Å²) in [5, 5.41) is 10.2. The quantitative estimate of drug-likeness (QED) is 0.611. The van der Waals surface area contributed by atoms with Gasteiger partial charge in [0.15, 0.2) is 5.96 Å². The summed E-state index contributed by atoms with van der Waals surface area (Å²) < 4.78 is 1.73. The van der Waals surface area contributed by atoms with Crippen LogP contribution in [0.25, 0.3) is 5.69 Å². The lowest BCUT2D eigenvalue weighted by Gasteiger charge is -2.08. The largest absolute Gasteiger partial charge is 0.359 e. The summed E-state index contributed by atoms with van der Waals surface area (Å²) in [6.45, 7) is 0.727. The number of nitrogens with zero attached hydrogens (tertiary/aromatic N) is 4. The molecule has 0 radical (unpaired) electrons. The Morgan fingerprint density at radius 3 is 2.67 bits per heavy atom. The molecule has 18 heavy (non-hydrogen) atoms. The standard InChI is InChI=1S/C12H16N6/c1-13-12(14-2)16-7-10-3-5-11(6-4-10)18-9-15-8-17-18/h3-6,8-9H,7H2,1-2H3,(H2,13,14,16). The van der Waals surface area contributed by atoms with Gasteiger partial charge in [0.2, 0.25) is 0 Å². The van der Waals surface area contributed by atoms with Crippen LogP contribution in [0.2, 0.25) is 0 Å². The van der Waals surface area contributed by atoms with Crippen molar-refractivity contribution in [2.24, 2.45) is 4.99 Å². The monoisotopic (exact) mass is 244 g/mol.